The van der Waals surface area contributed by atoms with Crippen molar-refractivity contribution in [2.24, 2.45) is 0 Å². The van der Waals surface area contributed by atoms with Crippen molar-refractivity contribution < 1.29 is 19.7 Å². The first-order valence-corrected chi connectivity index (χ1v) is 8.82. The molecule has 0 unspecified atom stereocenters. The van der Waals surface area contributed by atoms with Crippen LogP contribution in [0.2, 0.25) is 0 Å². The van der Waals surface area contributed by atoms with E-state index in [4.69, 9.17) is 9.47 Å². The van der Waals surface area contributed by atoms with E-state index in [1.54, 1.807) is 24.3 Å². The molecule has 2 heterocycles. The minimum atomic E-state index is -0.309. The zero-order valence-corrected chi connectivity index (χ0v) is 14.9. The monoisotopic (exact) mass is 356 g/mol. The van der Waals surface area contributed by atoms with Gasteiger partial charge in [0, 0.05) is 24.2 Å². The van der Waals surface area contributed by atoms with Crippen molar-refractivity contribution in [2.45, 2.75) is 24.7 Å². The zero-order chi connectivity index (χ0) is 18.3. The van der Waals surface area contributed by atoms with Crippen LogP contribution in [-0.4, -0.2) is 59.4 Å². The van der Waals surface area contributed by atoms with Crippen LogP contribution in [0.25, 0.3) is 0 Å². The summed E-state index contributed by atoms with van der Waals surface area (Å²) in [4.78, 5) is 4.09. The summed E-state index contributed by atoms with van der Waals surface area (Å²) < 4.78 is 12.6. The summed E-state index contributed by atoms with van der Waals surface area (Å²) in [5, 5.41) is 20.3. The van der Waals surface area contributed by atoms with Crippen LogP contribution in [0.4, 0.5) is 0 Å². The number of ether oxygens (including phenoxy) is 2. The molecule has 0 aliphatic carbocycles. The molecule has 0 radical (unpaired) electrons. The van der Waals surface area contributed by atoms with Gasteiger partial charge in [0.1, 0.15) is 36.2 Å². The molecule has 2 aromatic carbocycles. The lowest BCUT2D eigenvalue weighted by atomic mass is 10.0. The van der Waals surface area contributed by atoms with Gasteiger partial charge in [0.15, 0.2) is 0 Å². The molecule has 2 N–H and O–H groups in total. The van der Waals surface area contributed by atoms with Crippen LogP contribution >= 0.6 is 0 Å². The van der Waals surface area contributed by atoms with Crippen LogP contribution in [-0.2, 0) is 9.47 Å². The van der Waals surface area contributed by atoms with E-state index < -0.39 is 0 Å². The topological polar surface area (TPSA) is 65.4 Å². The van der Waals surface area contributed by atoms with E-state index >= 15 is 0 Å². The molecule has 0 aromatic heterocycles. The predicted molar refractivity (Wildman–Crippen MR) is 96.7 cm³/mol. The molecule has 26 heavy (non-hydrogen) atoms. The maximum absolute atomic E-state index is 10.2. The van der Waals surface area contributed by atoms with Gasteiger partial charge in [-0.05, 0) is 26.2 Å². The largest absolute Gasteiger partial charge is 0.508 e. The molecule has 2 fully saturated rings. The van der Waals surface area contributed by atoms with Crippen LogP contribution in [0, 0.1) is 0 Å². The van der Waals surface area contributed by atoms with Gasteiger partial charge < -0.3 is 19.7 Å². The number of phenolic OH excluding ortho intramolecular Hbond substituents is 2. The van der Waals surface area contributed by atoms with Gasteiger partial charge in [0.25, 0.3) is 0 Å². The van der Waals surface area contributed by atoms with Gasteiger partial charge in [-0.3, -0.25) is 9.80 Å². The molecular weight excluding hydrogens is 332 g/mol. The van der Waals surface area contributed by atoms with Crippen molar-refractivity contribution in [3.63, 3.8) is 0 Å². The third kappa shape index (κ3) is 3.05. The van der Waals surface area contributed by atoms with Gasteiger partial charge in [0.05, 0.1) is 0 Å². The second-order valence-corrected chi connectivity index (χ2v) is 7.05. The van der Waals surface area contributed by atoms with Crippen LogP contribution in [0.3, 0.4) is 0 Å². The Morgan fingerprint density at radius 2 is 1.12 bits per heavy atom. The Hall–Kier alpha value is -2.12. The number of hydrogen-bond donors (Lipinski definition) is 2. The quantitative estimate of drug-likeness (QED) is 0.862. The fraction of sp³-hybridized carbons (Fsp3) is 0.400. The maximum atomic E-state index is 10.2. The molecule has 4 rings (SSSR count). The molecule has 2 aliphatic heterocycles. The molecule has 6 heteroatoms. The molecule has 2 saturated heterocycles. The minimum absolute atomic E-state index is 0.108. The van der Waals surface area contributed by atoms with Crippen LogP contribution in [0.15, 0.2) is 48.5 Å². The van der Waals surface area contributed by atoms with Crippen molar-refractivity contribution >= 4 is 0 Å². The lowest BCUT2D eigenvalue weighted by molar-refractivity contribution is -0.263. The summed E-state index contributed by atoms with van der Waals surface area (Å²) in [5.74, 6) is 0.472. The lowest BCUT2D eigenvalue weighted by Gasteiger charge is -2.49. The number of aromatic hydroxyl groups is 2. The average molecular weight is 356 g/mol. The Kier molecular flexibility index (Phi) is 4.58. The summed E-state index contributed by atoms with van der Waals surface area (Å²) >= 11 is 0. The highest BCUT2D eigenvalue weighted by Gasteiger charge is 2.43. The third-order valence-corrected chi connectivity index (χ3v) is 5.16. The first-order chi connectivity index (χ1) is 12.5. The first kappa shape index (κ1) is 17.3. The summed E-state index contributed by atoms with van der Waals surface area (Å²) in [6.45, 7) is 1.36. The standard InChI is InChI=1S/C20H24N2O4/c1-21-11-17-18(25-19(21)13-7-3-5-9-15(13)23)12-22(2)20(26-17)14-8-4-6-10-16(14)24/h3-10,17-20,23-24H,11-12H2,1-2H3/t17-,18-,19+,20+/m1/s1. The number of likely N-dealkylation sites (N-methyl/N-ethyl adjacent to an activating group) is 2. The Balaban J connectivity index is 1.55. The van der Waals surface area contributed by atoms with Crippen molar-refractivity contribution in [2.75, 3.05) is 27.2 Å². The molecule has 0 spiro atoms. The number of rotatable bonds is 2. The average Bonchev–Trinajstić information content (AvgIpc) is 2.62. The highest BCUT2D eigenvalue weighted by Crippen LogP contribution is 2.40. The number of hydrogen-bond acceptors (Lipinski definition) is 6. The van der Waals surface area contributed by atoms with Crippen LogP contribution in [0.1, 0.15) is 23.6 Å². The zero-order valence-electron chi connectivity index (χ0n) is 14.9. The van der Waals surface area contributed by atoms with E-state index in [1.807, 2.05) is 48.2 Å². The van der Waals surface area contributed by atoms with Gasteiger partial charge in [0.2, 0.25) is 0 Å². The van der Waals surface area contributed by atoms with E-state index in [0.29, 0.717) is 13.1 Å². The highest BCUT2D eigenvalue weighted by molar-refractivity contribution is 5.35. The molecule has 0 saturated carbocycles. The summed E-state index contributed by atoms with van der Waals surface area (Å²) in [7, 11) is 3.92. The fourth-order valence-electron chi connectivity index (χ4n) is 3.81. The molecule has 0 bridgehead atoms. The first-order valence-electron chi connectivity index (χ1n) is 8.82. The molecule has 2 aromatic rings. The van der Waals surface area contributed by atoms with Crippen molar-refractivity contribution in [3.05, 3.63) is 59.7 Å². The van der Waals surface area contributed by atoms with E-state index in [0.717, 1.165) is 11.1 Å². The molecule has 138 valence electrons. The smallest absolute Gasteiger partial charge is 0.140 e. The van der Waals surface area contributed by atoms with E-state index in [1.165, 1.54) is 0 Å². The molecule has 4 atom stereocenters. The molecule has 2 aliphatic rings. The minimum Gasteiger partial charge on any atom is -0.508 e. The van der Waals surface area contributed by atoms with Gasteiger partial charge in [-0.2, -0.15) is 0 Å². The van der Waals surface area contributed by atoms with Crippen LogP contribution < -0.4 is 0 Å². The number of benzene rings is 2. The summed E-state index contributed by atoms with van der Waals surface area (Å²) in [6, 6.07) is 14.5. The van der Waals surface area contributed by atoms with E-state index in [2.05, 4.69) is 0 Å². The molecule has 0 amide bonds. The third-order valence-electron chi connectivity index (χ3n) is 5.16. The summed E-state index contributed by atoms with van der Waals surface area (Å²) in [5.41, 5.74) is 1.53. The van der Waals surface area contributed by atoms with Crippen molar-refractivity contribution in [1.29, 1.82) is 0 Å². The van der Waals surface area contributed by atoms with Gasteiger partial charge in [-0.25, -0.2) is 0 Å². The van der Waals surface area contributed by atoms with E-state index in [-0.39, 0.29) is 36.2 Å². The second kappa shape index (κ2) is 6.89. The van der Waals surface area contributed by atoms with Crippen LogP contribution in [0.5, 0.6) is 11.5 Å². The van der Waals surface area contributed by atoms with Crippen molar-refractivity contribution in [3.8, 4) is 11.5 Å². The normalized spacial score (nSPS) is 30.1. The summed E-state index contributed by atoms with van der Waals surface area (Å²) in [6.07, 6.45) is -0.835. The van der Waals surface area contributed by atoms with E-state index in [9.17, 15) is 10.2 Å². The number of fused-ring (bicyclic) bond motifs is 1. The van der Waals surface area contributed by atoms with Crippen molar-refractivity contribution in [1.82, 2.24) is 9.80 Å². The maximum Gasteiger partial charge on any atom is 0.140 e. The SMILES string of the molecule is CN1C[C@H]2O[C@@H](c3ccccc3O)N(C)C[C@H]2O[C@H]1c1ccccc1O. The highest BCUT2D eigenvalue weighted by atomic mass is 16.6. The number of para-hydroxylation sites is 2. The Bertz CT molecular complexity index is 718. The Morgan fingerprint density at radius 3 is 1.50 bits per heavy atom. The molecular formula is C20H24N2O4. The fourth-order valence-corrected chi connectivity index (χ4v) is 3.81. The molecule has 6 nitrogen and oxygen atoms in total. The lowest BCUT2D eigenvalue weighted by Crippen LogP contribution is -2.58. The predicted octanol–water partition coefficient (Wildman–Crippen LogP) is 2.46. The number of phenols is 2. The Morgan fingerprint density at radius 1 is 0.731 bits per heavy atom. The van der Waals surface area contributed by atoms with Gasteiger partial charge in [-0.15, -0.1) is 0 Å². The number of nitrogens with zero attached hydrogens (tertiary/aromatic N) is 2. The van der Waals surface area contributed by atoms with Gasteiger partial charge in [-0.1, -0.05) is 36.4 Å². The Labute approximate surface area is 153 Å². The second-order valence-electron chi connectivity index (χ2n) is 7.05. The van der Waals surface area contributed by atoms with Gasteiger partial charge >= 0.3 is 0 Å².